The van der Waals surface area contributed by atoms with Gasteiger partial charge in [0.2, 0.25) is 11.5 Å². The van der Waals surface area contributed by atoms with E-state index in [4.69, 9.17) is 19.9 Å². The number of rotatable bonds is 13. The highest BCUT2D eigenvalue weighted by Gasteiger charge is 2.58. The summed E-state index contributed by atoms with van der Waals surface area (Å²) in [5.74, 6) is -2.85. The molecule has 2 aliphatic heterocycles. The van der Waals surface area contributed by atoms with E-state index in [1.54, 1.807) is 18.2 Å². The van der Waals surface area contributed by atoms with Crippen LogP contribution in [0.2, 0.25) is 0 Å². The molecular weight excluding hydrogens is 638 g/mol. The number of aromatic nitrogens is 3. The van der Waals surface area contributed by atoms with Crippen LogP contribution in [0.15, 0.2) is 35.5 Å². The summed E-state index contributed by atoms with van der Waals surface area (Å²) in [7, 11) is -5.02. The summed E-state index contributed by atoms with van der Waals surface area (Å²) in [4.78, 5) is 51.2. The molecule has 2 amide bonds. The van der Waals surface area contributed by atoms with Crippen molar-refractivity contribution < 1.29 is 46.3 Å². The van der Waals surface area contributed by atoms with Crippen molar-refractivity contribution in [1.82, 2.24) is 30.0 Å². The number of pyridine rings is 1. The highest BCUT2D eigenvalue weighted by Crippen LogP contribution is 2.33. The standard InChI is InChI=1S/C24H27N9O10S2/c1-24(2)18(21(35)33(24)43-45(38,39)40)29-20(34)17(19-30-23(25)44-32-19)31-42-15(22(36)37)10-41-13-4-5-14-11(7-13)3-6-16(28-14)27-12-8-26-9-12/h3-7,12,15,18,26H,8-10H2,1-2H3,(H,27,28)(H,29,34)(H,36,37)(H2,25,30,32)(H,38,39,40)/b31-17-/t15-,18+/m0/s1. The number of hydrogen-bond donors (Lipinski definition) is 6. The number of hydrogen-bond acceptors (Lipinski definition) is 16. The normalized spacial score (nSPS) is 18.9. The largest absolute Gasteiger partial charge is 0.489 e. The van der Waals surface area contributed by atoms with E-state index in [1.165, 1.54) is 13.8 Å². The van der Waals surface area contributed by atoms with Crippen LogP contribution in [-0.4, -0.2) is 104 Å². The van der Waals surface area contributed by atoms with Gasteiger partial charge in [0.05, 0.1) is 17.1 Å². The van der Waals surface area contributed by atoms with Gasteiger partial charge in [-0.05, 0) is 44.2 Å². The molecule has 0 spiro atoms. The van der Waals surface area contributed by atoms with Crippen molar-refractivity contribution in [1.29, 1.82) is 0 Å². The van der Waals surface area contributed by atoms with E-state index in [1.807, 2.05) is 12.1 Å². The Bertz CT molecular complexity index is 1780. The molecule has 4 heterocycles. The quantitative estimate of drug-likeness (QED) is 0.0561. The number of β-lactam (4-membered cyclic amide) rings is 1. The first-order valence-corrected chi connectivity index (χ1v) is 15.2. The van der Waals surface area contributed by atoms with Crippen molar-refractivity contribution in [2.45, 2.75) is 37.6 Å². The van der Waals surface area contributed by atoms with Gasteiger partial charge in [0, 0.05) is 30.0 Å². The molecule has 45 heavy (non-hydrogen) atoms. The maximum atomic E-state index is 13.2. The molecule has 5 rings (SSSR count). The Hall–Kier alpha value is -4.70. The fraction of sp³-hybridized carbons (Fsp3) is 0.375. The van der Waals surface area contributed by atoms with Crippen molar-refractivity contribution in [3.8, 4) is 5.75 Å². The van der Waals surface area contributed by atoms with Crippen molar-refractivity contribution >= 4 is 67.3 Å². The first kappa shape index (κ1) is 31.7. The lowest BCUT2D eigenvalue weighted by Gasteiger charge is -2.50. The molecule has 0 unspecified atom stereocenters. The summed E-state index contributed by atoms with van der Waals surface area (Å²) in [5, 5.41) is 23.2. The third-order valence-electron chi connectivity index (χ3n) is 6.73. The third kappa shape index (κ3) is 7.17. The fourth-order valence-corrected chi connectivity index (χ4v) is 5.13. The van der Waals surface area contributed by atoms with Crippen LogP contribution in [0.4, 0.5) is 10.9 Å². The predicted octanol–water partition coefficient (Wildman–Crippen LogP) is -0.855. The summed E-state index contributed by atoms with van der Waals surface area (Å²) in [6.07, 6.45) is -1.71. The van der Waals surface area contributed by atoms with Gasteiger partial charge in [-0.3, -0.25) is 14.1 Å². The van der Waals surface area contributed by atoms with E-state index in [0.717, 1.165) is 24.3 Å². The lowest BCUT2D eigenvalue weighted by atomic mass is 9.84. The zero-order chi connectivity index (χ0) is 32.5. The second-order valence-electron chi connectivity index (χ2n) is 10.4. The predicted molar refractivity (Wildman–Crippen MR) is 156 cm³/mol. The molecule has 1 aromatic carbocycles. The number of amides is 2. The molecule has 2 fully saturated rings. The molecular formula is C24H27N9O10S2. The minimum absolute atomic E-state index is 0.0508. The number of nitrogens with zero attached hydrogens (tertiary/aromatic N) is 5. The van der Waals surface area contributed by atoms with E-state index < -0.39 is 58.2 Å². The number of carboxylic acid groups (broad SMARTS) is 1. The number of carboxylic acids is 1. The van der Waals surface area contributed by atoms with Gasteiger partial charge in [0.25, 0.3) is 17.9 Å². The maximum Gasteiger partial charge on any atom is 0.418 e. The molecule has 3 aromatic rings. The first-order valence-electron chi connectivity index (χ1n) is 13.1. The molecule has 7 N–H and O–H groups in total. The average molecular weight is 666 g/mol. The minimum atomic E-state index is -5.02. The van der Waals surface area contributed by atoms with Crippen LogP contribution >= 0.6 is 11.5 Å². The van der Waals surface area contributed by atoms with E-state index in [-0.39, 0.29) is 11.0 Å². The SMILES string of the molecule is CC1(C)[C@H](NC(=O)/C(=N\O[C@@H](COc2ccc3nc(NC4CNC4)ccc3c2)C(=O)O)c2nsc(N)n2)C(=O)N1OS(=O)(=O)O. The monoisotopic (exact) mass is 665 g/mol. The van der Waals surface area contributed by atoms with Crippen molar-refractivity contribution in [3.05, 3.63) is 36.2 Å². The van der Waals surface area contributed by atoms with E-state index in [0.29, 0.717) is 33.9 Å². The Morgan fingerprint density at radius 1 is 1.27 bits per heavy atom. The molecule has 0 saturated carbocycles. The van der Waals surface area contributed by atoms with Gasteiger partial charge >= 0.3 is 16.4 Å². The second kappa shape index (κ2) is 12.4. The number of benzene rings is 1. The zero-order valence-corrected chi connectivity index (χ0v) is 25.2. The Kier molecular flexibility index (Phi) is 8.71. The topological polar surface area (TPSA) is 270 Å². The average Bonchev–Trinajstić information content (AvgIpc) is 3.38. The molecule has 0 aliphatic carbocycles. The highest BCUT2D eigenvalue weighted by molar-refractivity contribution is 7.80. The van der Waals surface area contributed by atoms with Crippen molar-refractivity contribution in [2.75, 3.05) is 30.7 Å². The molecule has 2 aliphatic rings. The number of fused-ring (bicyclic) bond motifs is 1. The van der Waals surface area contributed by atoms with E-state index >= 15 is 0 Å². The first-order chi connectivity index (χ1) is 21.2. The zero-order valence-electron chi connectivity index (χ0n) is 23.5. The van der Waals surface area contributed by atoms with Crippen LogP contribution < -0.4 is 26.4 Å². The van der Waals surface area contributed by atoms with E-state index in [2.05, 4.69) is 39.7 Å². The number of carbonyl (C=O) groups is 3. The van der Waals surface area contributed by atoms with Crippen LogP contribution in [-0.2, 0) is 33.9 Å². The number of nitrogens with one attached hydrogen (secondary N) is 3. The number of hydroxylamine groups is 2. The Labute approximate surface area is 258 Å². The van der Waals surface area contributed by atoms with Crippen molar-refractivity contribution in [3.63, 3.8) is 0 Å². The Morgan fingerprint density at radius 3 is 2.62 bits per heavy atom. The Morgan fingerprint density at radius 2 is 2.02 bits per heavy atom. The smallest absolute Gasteiger partial charge is 0.418 e. The molecule has 240 valence electrons. The summed E-state index contributed by atoms with van der Waals surface area (Å²) in [6, 6.07) is 7.64. The summed E-state index contributed by atoms with van der Waals surface area (Å²) >= 11 is 0.710. The maximum absolute atomic E-state index is 13.2. The van der Waals surface area contributed by atoms with Gasteiger partial charge in [-0.2, -0.15) is 22.8 Å². The fourth-order valence-electron chi connectivity index (χ4n) is 4.24. The number of carbonyl (C=O) groups excluding carboxylic acids is 2. The molecule has 0 radical (unpaired) electrons. The van der Waals surface area contributed by atoms with Gasteiger partial charge in [-0.25, -0.2) is 9.78 Å². The molecule has 2 aromatic heterocycles. The number of nitrogen functional groups attached to an aromatic ring is 1. The third-order valence-corrected chi connectivity index (χ3v) is 7.61. The second-order valence-corrected chi connectivity index (χ2v) is 12.2. The summed E-state index contributed by atoms with van der Waals surface area (Å²) in [5.41, 5.74) is 4.25. The molecule has 21 heteroatoms. The molecule has 19 nitrogen and oxygen atoms in total. The number of anilines is 2. The lowest BCUT2D eigenvalue weighted by molar-refractivity contribution is -0.218. The number of aliphatic carboxylic acids is 1. The molecule has 2 atom stereocenters. The summed E-state index contributed by atoms with van der Waals surface area (Å²) < 4.78 is 44.9. The van der Waals surface area contributed by atoms with Crippen molar-refractivity contribution in [2.24, 2.45) is 5.16 Å². The molecule has 0 bridgehead atoms. The van der Waals surface area contributed by atoms with Crippen LogP contribution in [0, 0.1) is 0 Å². The highest BCUT2D eigenvalue weighted by atomic mass is 32.3. The number of nitrogens with two attached hydrogens (primary N) is 1. The van der Waals surface area contributed by atoms with Gasteiger partial charge in [-0.1, -0.05) is 5.16 Å². The van der Waals surface area contributed by atoms with Crippen LogP contribution in [0.5, 0.6) is 5.75 Å². The minimum Gasteiger partial charge on any atom is -0.489 e. The van der Waals surface area contributed by atoms with Crippen LogP contribution in [0.1, 0.15) is 19.7 Å². The van der Waals surface area contributed by atoms with Gasteiger partial charge < -0.3 is 36.4 Å². The summed E-state index contributed by atoms with van der Waals surface area (Å²) in [6.45, 7) is 3.89. The van der Waals surface area contributed by atoms with Gasteiger partial charge in [-0.15, -0.1) is 4.28 Å². The lowest BCUT2D eigenvalue weighted by Crippen LogP contribution is -2.76. The van der Waals surface area contributed by atoms with E-state index in [9.17, 15) is 27.9 Å². The Balaban J connectivity index is 1.27. The van der Waals surface area contributed by atoms with Gasteiger partial charge in [0.1, 0.15) is 24.2 Å². The molecule has 2 saturated heterocycles. The number of oxime groups is 1. The van der Waals surface area contributed by atoms with Crippen LogP contribution in [0.3, 0.4) is 0 Å². The van der Waals surface area contributed by atoms with Crippen LogP contribution in [0.25, 0.3) is 10.9 Å². The number of ether oxygens (including phenoxy) is 1. The van der Waals surface area contributed by atoms with Gasteiger partial charge in [0.15, 0.2) is 5.13 Å².